The highest BCUT2D eigenvalue weighted by atomic mass is 35.5. The zero-order chi connectivity index (χ0) is 16.8. The van der Waals surface area contributed by atoms with E-state index in [9.17, 15) is 4.79 Å². The van der Waals surface area contributed by atoms with Gasteiger partial charge in [-0.05, 0) is 31.4 Å². The molecule has 1 amide bonds. The van der Waals surface area contributed by atoms with Crippen molar-refractivity contribution in [2.24, 2.45) is 0 Å². The van der Waals surface area contributed by atoms with E-state index in [-0.39, 0.29) is 11.9 Å². The molecular formula is C17H22ClN5O. The first kappa shape index (κ1) is 16.8. The van der Waals surface area contributed by atoms with Gasteiger partial charge < -0.3 is 10.2 Å². The molecule has 1 aromatic heterocycles. The maximum atomic E-state index is 12.1. The molecule has 3 rings (SSSR count). The van der Waals surface area contributed by atoms with E-state index in [1.165, 1.54) is 6.33 Å². The van der Waals surface area contributed by atoms with Crippen LogP contribution in [0.15, 0.2) is 36.9 Å². The van der Waals surface area contributed by atoms with Gasteiger partial charge in [0.05, 0.1) is 10.7 Å². The van der Waals surface area contributed by atoms with Crippen molar-refractivity contribution < 1.29 is 4.79 Å². The van der Waals surface area contributed by atoms with E-state index in [4.69, 9.17) is 11.6 Å². The number of rotatable bonds is 6. The molecule has 1 atom stereocenters. The van der Waals surface area contributed by atoms with Gasteiger partial charge in [-0.15, -0.1) is 0 Å². The summed E-state index contributed by atoms with van der Waals surface area (Å²) in [5.74, 6) is 0.0983. The summed E-state index contributed by atoms with van der Waals surface area (Å²) in [4.78, 5) is 18.3. The number of anilines is 1. The lowest BCUT2D eigenvalue weighted by Crippen LogP contribution is -2.47. The van der Waals surface area contributed by atoms with E-state index in [0.717, 1.165) is 43.1 Å². The third kappa shape index (κ3) is 4.47. The number of piperidine rings is 1. The lowest BCUT2D eigenvalue weighted by molar-refractivity contribution is -0.122. The summed E-state index contributed by atoms with van der Waals surface area (Å²) in [6.07, 6.45) is 6.50. The number of para-hydroxylation sites is 1. The van der Waals surface area contributed by atoms with Crippen molar-refractivity contribution in [3.05, 3.63) is 41.9 Å². The number of halogens is 1. The largest absolute Gasteiger partial charge is 0.368 e. The number of hydrogen-bond acceptors (Lipinski definition) is 4. The highest BCUT2D eigenvalue weighted by molar-refractivity contribution is 6.33. The van der Waals surface area contributed by atoms with Crippen LogP contribution in [0.3, 0.4) is 0 Å². The molecule has 2 heterocycles. The van der Waals surface area contributed by atoms with Crippen LogP contribution in [0.2, 0.25) is 5.02 Å². The summed E-state index contributed by atoms with van der Waals surface area (Å²) in [5, 5.41) is 7.95. The van der Waals surface area contributed by atoms with Crippen LogP contribution >= 0.6 is 11.6 Å². The Hall–Kier alpha value is -2.08. The van der Waals surface area contributed by atoms with Crippen molar-refractivity contribution in [2.75, 3.05) is 18.0 Å². The Morgan fingerprint density at radius 2 is 2.25 bits per heavy atom. The molecule has 6 nitrogen and oxygen atoms in total. The van der Waals surface area contributed by atoms with Crippen molar-refractivity contribution in [3.8, 4) is 0 Å². The van der Waals surface area contributed by atoms with Crippen molar-refractivity contribution in [1.29, 1.82) is 0 Å². The van der Waals surface area contributed by atoms with E-state index in [0.29, 0.717) is 13.0 Å². The first-order valence-electron chi connectivity index (χ1n) is 8.33. The third-order valence-corrected chi connectivity index (χ3v) is 4.56. The minimum atomic E-state index is 0.0983. The van der Waals surface area contributed by atoms with Gasteiger partial charge in [-0.3, -0.25) is 9.48 Å². The zero-order valence-corrected chi connectivity index (χ0v) is 14.3. The molecule has 1 saturated heterocycles. The summed E-state index contributed by atoms with van der Waals surface area (Å²) in [6, 6.07) is 8.04. The highest BCUT2D eigenvalue weighted by Gasteiger charge is 2.22. The number of benzene rings is 1. The lowest BCUT2D eigenvalue weighted by Gasteiger charge is -2.35. The third-order valence-electron chi connectivity index (χ3n) is 4.24. The monoisotopic (exact) mass is 347 g/mol. The first-order chi connectivity index (χ1) is 11.7. The molecule has 2 aromatic rings. The maximum Gasteiger partial charge on any atom is 0.220 e. The van der Waals surface area contributed by atoms with Crippen LogP contribution in [0.5, 0.6) is 0 Å². The fourth-order valence-electron chi connectivity index (χ4n) is 3.07. The summed E-state index contributed by atoms with van der Waals surface area (Å²) in [6.45, 7) is 2.49. The van der Waals surface area contributed by atoms with Gasteiger partial charge in [-0.2, -0.15) is 5.10 Å². The van der Waals surface area contributed by atoms with Crippen LogP contribution in [0.1, 0.15) is 25.7 Å². The average Bonchev–Trinajstić information content (AvgIpc) is 3.09. The number of aromatic nitrogens is 3. The molecule has 1 fully saturated rings. The molecule has 0 spiro atoms. The molecule has 0 unspecified atom stereocenters. The molecule has 1 N–H and O–H groups in total. The SMILES string of the molecule is O=C(CCCn1cncn1)N[C@H]1CCCN(c2ccccc2Cl)C1. The van der Waals surface area contributed by atoms with Gasteiger partial charge in [-0.1, -0.05) is 23.7 Å². The summed E-state index contributed by atoms with van der Waals surface area (Å²) in [5.41, 5.74) is 1.05. The quantitative estimate of drug-likeness (QED) is 0.872. The second-order valence-corrected chi connectivity index (χ2v) is 6.47. The van der Waals surface area contributed by atoms with E-state index < -0.39 is 0 Å². The smallest absolute Gasteiger partial charge is 0.220 e. The van der Waals surface area contributed by atoms with E-state index in [1.54, 1.807) is 11.0 Å². The normalized spacial score (nSPS) is 17.7. The van der Waals surface area contributed by atoms with Crippen LogP contribution < -0.4 is 10.2 Å². The second-order valence-electron chi connectivity index (χ2n) is 6.07. The van der Waals surface area contributed by atoms with Gasteiger partial charge in [-0.25, -0.2) is 4.98 Å². The average molecular weight is 348 g/mol. The Bertz CT molecular complexity index is 661. The van der Waals surface area contributed by atoms with Gasteiger partial charge in [0.25, 0.3) is 0 Å². The predicted molar refractivity (Wildman–Crippen MR) is 94.1 cm³/mol. The predicted octanol–water partition coefficient (Wildman–Crippen LogP) is 2.50. The van der Waals surface area contributed by atoms with Gasteiger partial charge in [0, 0.05) is 32.1 Å². The van der Waals surface area contributed by atoms with Crippen molar-refractivity contribution in [1.82, 2.24) is 20.1 Å². The Balaban J connectivity index is 1.46. The number of carbonyl (C=O) groups is 1. The van der Waals surface area contributed by atoms with Crippen molar-refractivity contribution in [2.45, 2.75) is 38.3 Å². The number of nitrogens with one attached hydrogen (secondary N) is 1. The minimum absolute atomic E-state index is 0.0983. The molecule has 0 radical (unpaired) electrons. The van der Waals surface area contributed by atoms with Gasteiger partial charge in [0.15, 0.2) is 0 Å². The molecule has 1 aromatic carbocycles. The fraction of sp³-hybridized carbons (Fsp3) is 0.471. The number of carbonyl (C=O) groups excluding carboxylic acids is 1. The van der Waals surface area contributed by atoms with Crippen LogP contribution in [0, 0.1) is 0 Å². The summed E-state index contributed by atoms with van der Waals surface area (Å²) < 4.78 is 1.74. The van der Waals surface area contributed by atoms with Crippen LogP contribution in [0.25, 0.3) is 0 Å². The van der Waals surface area contributed by atoms with E-state index >= 15 is 0 Å². The summed E-state index contributed by atoms with van der Waals surface area (Å²) in [7, 11) is 0. The second kappa shape index (κ2) is 8.15. The Morgan fingerprint density at radius 3 is 3.04 bits per heavy atom. The summed E-state index contributed by atoms with van der Waals surface area (Å²) >= 11 is 6.29. The highest BCUT2D eigenvalue weighted by Crippen LogP contribution is 2.27. The molecule has 1 aliphatic rings. The van der Waals surface area contributed by atoms with Crippen LogP contribution in [-0.2, 0) is 11.3 Å². The molecule has 24 heavy (non-hydrogen) atoms. The van der Waals surface area contributed by atoms with Gasteiger partial charge in [0.2, 0.25) is 5.91 Å². The Morgan fingerprint density at radius 1 is 1.38 bits per heavy atom. The van der Waals surface area contributed by atoms with Gasteiger partial charge >= 0.3 is 0 Å². The molecule has 0 bridgehead atoms. The molecule has 0 aliphatic carbocycles. The van der Waals surface area contributed by atoms with E-state index in [1.807, 2.05) is 24.3 Å². The minimum Gasteiger partial charge on any atom is -0.368 e. The molecule has 128 valence electrons. The number of hydrogen-bond donors (Lipinski definition) is 1. The lowest BCUT2D eigenvalue weighted by atomic mass is 10.0. The van der Waals surface area contributed by atoms with E-state index in [2.05, 4.69) is 20.3 Å². The molecule has 7 heteroatoms. The Labute approximate surface area is 146 Å². The van der Waals surface area contributed by atoms with Crippen LogP contribution in [0.4, 0.5) is 5.69 Å². The maximum absolute atomic E-state index is 12.1. The Kier molecular flexibility index (Phi) is 5.69. The molecule has 0 saturated carbocycles. The van der Waals surface area contributed by atoms with Crippen LogP contribution in [-0.4, -0.2) is 39.8 Å². The van der Waals surface area contributed by atoms with Crippen molar-refractivity contribution in [3.63, 3.8) is 0 Å². The molecule has 1 aliphatic heterocycles. The molecular weight excluding hydrogens is 326 g/mol. The van der Waals surface area contributed by atoms with Crippen molar-refractivity contribution >= 4 is 23.2 Å². The number of nitrogens with zero attached hydrogens (tertiary/aromatic N) is 4. The number of amides is 1. The topological polar surface area (TPSA) is 63.1 Å². The first-order valence-corrected chi connectivity index (χ1v) is 8.71. The fourth-order valence-corrected chi connectivity index (χ4v) is 3.33. The zero-order valence-electron chi connectivity index (χ0n) is 13.6. The standard InChI is InChI=1S/C17H22ClN5O/c18-15-6-1-2-7-16(15)22-9-3-5-14(11-22)21-17(24)8-4-10-23-13-19-12-20-23/h1-2,6-7,12-14H,3-5,8-11H2,(H,21,24)/t14-/m0/s1. The number of aryl methyl sites for hydroxylation is 1. The van der Waals surface area contributed by atoms with Gasteiger partial charge in [0.1, 0.15) is 12.7 Å².